The highest BCUT2D eigenvalue weighted by molar-refractivity contribution is 9.10. The van der Waals surface area contributed by atoms with Crippen LogP contribution in [0.5, 0.6) is 0 Å². The standard InChI is InChI=1S/C13H12BrN5O2/c1-7-2-4-8(5-3-7)12(20)18-19-13(21)10-11(15)16-6-9(14)17-10/h2-6H,1H3,(H2,15,16)(H,18,20)(H,19,21). The van der Waals surface area contributed by atoms with Gasteiger partial charge >= 0.3 is 0 Å². The molecule has 0 fully saturated rings. The maximum absolute atomic E-state index is 11.9. The highest BCUT2D eigenvalue weighted by atomic mass is 79.9. The minimum Gasteiger partial charge on any atom is -0.382 e. The molecule has 0 spiro atoms. The largest absolute Gasteiger partial charge is 0.382 e. The monoisotopic (exact) mass is 349 g/mol. The molecule has 0 aliphatic carbocycles. The van der Waals surface area contributed by atoms with Crippen LogP contribution in [-0.4, -0.2) is 21.8 Å². The van der Waals surface area contributed by atoms with Crippen molar-refractivity contribution in [3.63, 3.8) is 0 Å². The first-order valence-electron chi connectivity index (χ1n) is 5.92. The second kappa shape index (κ2) is 6.31. The number of anilines is 1. The molecule has 2 aromatic rings. The third-order valence-electron chi connectivity index (χ3n) is 2.59. The highest BCUT2D eigenvalue weighted by Crippen LogP contribution is 2.10. The Balaban J connectivity index is 2.02. The summed E-state index contributed by atoms with van der Waals surface area (Å²) in [6.07, 6.45) is 1.37. The molecule has 2 rings (SSSR count). The third-order valence-corrected chi connectivity index (χ3v) is 2.97. The van der Waals surface area contributed by atoms with Crippen molar-refractivity contribution in [2.24, 2.45) is 0 Å². The van der Waals surface area contributed by atoms with E-state index < -0.39 is 11.8 Å². The van der Waals surface area contributed by atoms with E-state index >= 15 is 0 Å². The van der Waals surface area contributed by atoms with E-state index in [1.807, 2.05) is 6.92 Å². The SMILES string of the molecule is Cc1ccc(C(=O)NNC(=O)c2nc(Br)cnc2N)cc1. The van der Waals surface area contributed by atoms with Crippen LogP contribution in [0.1, 0.15) is 26.4 Å². The number of aromatic nitrogens is 2. The van der Waals surface area contributed by atoms with Gasteiger partial charge in [-0.3, -0.25) is 20.4 Å². The van der Waals surface area contributed by atoms with Crippen molar-refractivity contribution in [2.45, 2.75) is 6.92 Å². The van der Waals surface area contributed by atoms with Crippen molar-refractivity contribution in [1.29, 1.82) is 0 Å². The summed E-state index contributed by atoms with van der Waals surface area (Å²) in [6, 6.07) is 6.91. The van der Waals surface area contributed by atoms with Crippen LogP contribution in [0.3, 0.4) is 0 Å². The first-order valence-corrected chi connectivity index (χ1v) is 6.72. The van der Waals surface area contributed by atoms with Gasteiger partial charge in [0, 0.05) is 5.56 Å². The quantitative estimate of drug-likeness (QED) is 0.705. The van der Waals surface area contributed by atoms with Crippen molar-refractivity contribution in [1.82, 2.24) is 20.8 Å². The fourth-order valence-corrected chi connectivity index (χ4v) is 1.77. The Hall–Kier alpha value is -2.48. The lowest BCUT2D eigenvalue weighted by molar-refractivity contribution is 0.0844. The molecule has 108 valence electrons. The molecule has 1 aromatic carbocycles. The Morgan fingerprint density at radius 2 is 1.76 bits per heavy atom. The number of carbonyl (C=O) groups is 2. The fourth-order valence-electron chi connectivity index (χ4n) is 1.49. The van der Waals surface area contributed by atoms with Crippen LogP contribution in [0.2, 0.25) is 0 Å². The summed E-state index contributed by atoms with van der Waals surface area (Å²) >= 11 is 3.09. The molecule has 21 heavy (non-hydrogen) atoms. The summed E-state index contributed by atoms with van der Waals surface area (Å²) in [5.74, 6) is -1.12. The highest BCUT2D eigenvalue weighted by Gasteiger charge is 2.14. The fraction of sp³-hybridized carbons (Fsp3) is 0.0769. The van der Waals surface area contributed by atoms with Gasteiger partial charge < -0.3 is 5.73 Å². The lowest BCUT2D eigenvalue weighted by Gasteiger charge is -2.08. The number of hydrazine groups is 1. The van der Waals surface area contributed by atoms with Gasteiger partial charge in [-0.25, -0.2) is 9.97 Å². The van der Waals surface area contributed by atoms with E-state index in [-0.39, 0.29) is 11.5 Å². The molecule has 0 radical (unpaired) electrons. The molecule has 1 aromatic heterocycles. The smallest absolute Gasteiger partial charge is 0.292 e. The number of nitrogens with zero attached hydrogens (tertiary/aromatic N) is 2. The van der Waals surface area contributed by atoms with E-state index in [4.69, 9.17) is 5.73 Å². The zero-order valence-corrected chi connectivity index (χ0v) is 12.6. The normalized spacial score (nSPS) is 10.0. The van der Waals surface area contributed by atoms with E-state index in [0.29, 0.717) is 10.2 Å². The Labute approximate surface area is 129 Å². The van der Waals surface area contributed by atoms with Crippen LogP contribution in [0, 0.1) is 6.92 Å². The number of benzene rings is 1. The van der Waals surface area contributed by atoms with Crippen molar-refractivity contribution in [2.75, 3.05) is 5.73 Å². The third kappa shape index (κ3) is 3.76. The van der Waals surface area contributed by atoms with E-state index in [1.165, 1.54) is 6.20 Å². The van der Waals surface area contributed by atoms with Crippen LogP contribution in [-0.2, 0) is 0 Å². The Morgan fingerprint density at radius 1 is 1.14 bits per heavy atom. The minimum atomic E-state index is -0.651. The number of nitrogens with two attached hydrogens (primary N) is 1. The van der Waals surface area contributed by atoms with Gasteiger partial charge in [-0.15, -0.1) is 0 Å². The molecular formula is C13H12BrN5O2. The summed E-state index contributed by atoms with van der Waals surface area (Å²) in [5.41, 5.74) is 11.5. The van der Waals surface area contributed by atoms with E-state index in [2.05, 4.69) is 36.7 Å². The average molecular weight is 350 g/mol. The molecule has 0 saturated carbocycles. The summed E-state index contributed by atoms with van der Waals surface area (Å²) in [4.78, 5) is 31.4. The Morgan fingerprint density at radius 3 is 2.43 bits per heavy atom. The Kier molecular flexibility index (Phi) is 4.49. The maximum atomic E-state index is 11.9. The molecule has 0 saturated heterocycles. The lowest BCUT2D eigenvalue weighted by atomic mass is 10.1. The zero-order chi connectivity index (χ0) is 15.4. The summed E-state index contributed by atoms with van der Waals surface area (Å²) in [5, 5.41) is 0. The van der Waals surface area contributed by atoms with Crippen LogP contribution in [0.15, 0.2) is 35.1 Å². The molecule has 2 amide bonds. The topological polar surface area (TPSA) is 110 Å². The lowest BCUT2D eigenvalue weighted by Crippen LogP contribution is -2.42. The van der Waals surface area contributed by atoms with Gasteiger partial charge in [0.05, 0.1) is 6.20 Å². The van der Waals surface area contributed by atoms with Gasteiger partial charge in [0.1, 0.15) is 4.60 Å². The summed E-state index contributed by atoms with van der Waals surface area (Å²) in [6.45, 7) is 1.91. The Bertz CT molecular complexity index is 687. The molecule has 0 aliphatic heterocycles. The predicted molar refractivity (Wildman–Crippen MR) is 80.3 cm³/mol. The number of nitrogens with one attached hydrogen (secondary N) is 2. The number of hydrogen-bond acceptors (Lipinski definition) is 5. The molecule has 0 aliphatic rings. The zero-order valence-electron chi connectivity index (χ0n) is 11.1. The predicted octanol–water partition coefficient (Wildman–Crippen LogP) is 1.20. The van der Waals surface area contributed by atoms with E-state index in [0.717, 1.165) is 5.56 Å². The molecule has 7 nitrogen and oxygen atoms in total. The summed E-state index contributed by atoms with van der Waals surface area (Å²) in [7, 11) is 0. The number of aryl methyl sites for hydroxylation is 1. The molecule has 4 N–H and O–H groups in total. The minimum absolute atomic E-state index is 0.0275. The van der Waals surface area contributed by atoms with Crippen molar-refractivity contribution in [3.8, 4) is 0 Å². The van der Waals surface area contributed by atoms with Crippen LogP contribution < -0.4 is 16.6 Å². The summed E-state index contributed by atoms with van der Waals surface area (Å²) < 4.78 is 0.367. The van der Waals surface area contributed by atoms with Gasteiger partial charge in [0.2, 0.25) is 0 Å². The first kappa shape index (κ1) is 14.9. The van der Waals surface area contributed by atoms with Crippen LogP contribution >= 0.6 is 15.9 Å². The number of halogens is 1. The number of amides is 2. The molecule has 8 heteroatoms. The number of rotatable bonds is 2. The van der Waals surface area contributed by atoms with Crippen LogP contribution in [0.25, 0.3) is 0 Å². The molecule has 0 bridgehead atoms. The molecule has 0 unspecified atom stereocenters. The van der Waals surface area contributed by atoms with Gasteiger partial charge in [-0.1, -0.05) is 17.7 Å². The van der Waals surface area contributed by atoms with Gasteiger partial charge in [0.15, 0.2) is 11.5 Å². The average Bonchev–Trinajstić information content (AvgIpc) is 2.47. The molecule has 0 atom stereocenters. The first-order chi connectivity index (χ1) is 9.97. The number of nitrogen functional groups attached to an aromatic ring is 1. The second-order valence-corrected chi connectivity index (χ2v) is 5.01. The van der Waals surface area contributed by atoms with E-state index in [1.54, 1.807) is 24.3 Å². The van der Waals surface area contributed by atoms with Gasteiger partial charge in [-0.05, 0) is 35.0 Å². The number of carbonyl (C=O) groups excluding carboxylic acids is 2. The second-order valence-electron chi connectivity index (χ2n) is 4.20. The van der Waals surface area contributed by atoms with Crippen LogP contribution in [0.4, 0.5) is 5.82 Å². The molecule has 1 heterocycles. The number of hydrogen-bond donors (Lipinski definition) is 3. The van der Waals surface area contributed by atoms with Crippen molar-refractivity contribution >= 4 is 33.6 Å². The van der Waals surface area contributed by atoms with Crippen molar-refractivity contribution < 1.29 is 9.59 Å². The molecular weight excluding hydrogens is 338 g/mol. The van der Waals surface area contributed by atoms with Crippen molar-refractivity contribution in [3.05, 3.63) is 51.9 Å². The van der Waals surface area contributed by atoms with Gasteiger partial charge in [0.25, 0.3) is 11.8 Å². The maximum Gasteiger partial charge on any atom is 0.292 e. The van der Waals surface area contributed by atoms with Gasteiger partial charge in [-0.2, -0.15) is 0 Å². The van der Waals surface area contributed by atoms with E-state index in [9.17, 15) is 9.59 Å².